The molecule has 2 heterocycles. The summed E-state index contributed by atoms with van der Waals surface area (Å²) in [5, 5.41) is 13.7. The second-order valence-electron chi connectivity index (χ2n) is 7.09. The monoisotopic (exact) mass is 429 g/mol. The zero-order valence-electron chi connectivity index (χ0n) is 16.1. The van der Waals surface area contributed by atoms with E-state index in [4.69, 9.17) is 0 Å². The van der Waals surface area contributed by atoms with Gasteiger partial charge in [-0.3, -0.25) is 14.3 Å². The van der Waals surface area contributed by atoms with Gasteiger partial charge < -0.3 is 9.84 Å². The Morgan fingerprint density at radius 2 is 2.03 bits per heavy atom. The summed E-state index contributed by atoms with van der Waals surface area (Å²) in [5.74, 6) is -3.31. The molecule has 0 bridgehead atoms. The molecule has 0 saturated carbocycles. The quantitative estimate of drug-likeness (QED) is 0.679. The predicted octanol–water partition coefficient (Wildman–Crippen LogP) is 3.36. The van der Waals surface area contributed by atoms with Gasteiger partial charge in [0.1, 0.15) is 6.04 Å². The van der Waals surface area contributed by atoms with Crippen LogP contribution in [-0.2, 0) is 22.4 Å². The van der Waals surface area contributed by atoms with E-state index in [2.05, 4.69) is 14.8 Å². The van der Waals surface area contributed by atoms with Gasteiger partial charge in [0.25, 0.3) is 6.36 Å². The molecule has 7 nitrogen and oxygen atoms in total. The van der Waals surface area contributed by atoms with Crippen LogP contribution in [0.25, 0.3) is 11.3 Å². The summed E-state index contributed by atoms with van der Waals surface area (Å²) in [5.41, 5.74) is 0.975. The number of carbonyl (C=O) groups is 2. The van der Waals surface area contributed by atoms with Crippen molar-refractivity contribution in [1.29, 1.82) is 0 Å². The lowest BCUT2D eigenvalue weighted by molar-refractivity contribution is -0.142. The number of ether oxygens (including phenoxy) is 1. The Morgan fingerprint density at radius 1 is 1.33 bits per heavy atom. The first-order valence-electron chi connectivity index (χ1n) is 9.18. The summed E-state index contributed by atoms with van der Waals surface area (Å²) in [6.07, 6.45) is -5.00. The number of hydrogen-bond donors (Lipinski definition) is 1. The Balaban J connectivity index is 2.10. The lowest BCUT2D eigenvalue weighted by Gasteiger charge is -2.22. The number of carboxylic acid groups (broad SMARTS) is 1. The number of alkyl halides is 3. The fourth-order valence-electron chi connectivity index (χ4n) is 3.39. The Bertz CT molecular complexity index is 979. The normalized spacial score (nSPS) is 18.0. The van der Waals surface area contributed by atoms with Crippen molar-refractivity contribution in [2.45, 2.75) is 51.9 Å². The highest BCUT2D eigenvalue weighted by Crippen LogP contribution is 2.37. The molecule has 0 aromatic carbocycles. The number of aliphatic carboxylic acids is 1. The topological polar surface area (TPSA) is 94.3 Å². The average molecular weight is 429 g/mol. The van der Waals surface area contributed by atoms with Gasteiger partial charge in [-0.2, -0.15) is 9.49 Å². The van der Waals surface area contributed by atoms with E-state index in [1.165, 1.54) is 11.6 Å². The number of nitrogens with zero attached hydrogens (tertiary/aromatic N) is 3. The maximum absolute atomic E-state index is 14.5. The molecule has 2 aromatic heterocycles. The molecule has 162 valence electrons. The number of halogens is 4. The summed E-state index contributed by atoms with van der Waals surface area (Å²) in [4.78, 5) is 26.8. The fraction of sp³-hybridized carbons (Fsp3) is 0.474. The number of ketones is 1. The third kappa shape index (κ3) is 4.14. The number of carbonyl (C=O) groups excluding carboxylic acids is 1. The van der Waals surface area contributed by atoms with E-state index in [0.717, 1.165) is 6.07 Å². The van der Waals surface area contributed by atoms with Gasteiger partial charge in [-0.1, -0.05) is 0 Å². The van der Waals surface area contributed by atoms with Crippen molar-refractivity contribution in [3.8, 4) is 17.1 Å². The number of carboxylic acids is 1. The third-order valence-corrected chi connectivity index (χ3v) is 5.12. The Hall–Kier alpha value is -2.98. The van der Waals surface area contributed by atoms with Crippen LogP contribution < -0.4 is 4.74 Å². The maximum Gasteiger partial charge on any atom is 0.306 e. The number of pyridine rings is 1. The molecule has 3 atom stereocenters. The number of Topliss-reactive ketones (excluding diaryl/α,β-unsaturated/α-hetero) is 1. The molecule has 0 aliphatic heterocycles. The maximum atomic E-state index is 14.5. The van der Waals surface area contributed by atoms with Crippen LogP contribution in [-0.4, -0.2) is 44.4 Å². The van der Waals surface area contributed by atoms with Crippen LogP contribution in [0.1, 0.15) is 37.6 Å². The smallest absolute Gasteiger partial charge is 0.306 e. The molecule has 1 aliphatic carbocycles. The number of fused-ring (bicyclic) bond motifs is 1. The molecule has 2 unspecified atom stereocenters. The highest BCUT2D eigenvalue weighted by atomic mass is 19.3. The minimum Gasteiger partial charge on any atom is -0.481 e. The molecular formula is C19H19F4N3O4. The summed E-state index contributed by atoms with van der Waals surface area (Å²) >= 11 is 0. The molecule has 0 spiro atoms. The van der Waals surface area contributed by atoms with Gasteiger partial charge in [0.2, 0.25) is 5.88 Å². The first-order chi connectivity index (χ1) is 14.1. The molecule has 1 N–H and O–H groups in total. The zero-order chi connectivity index (χ0) is 22.2. The van der Waals surface area contributed by atoms with Gasteiger partial charge in [-0.15, -0.1) is 0 Å². The zero-order valence-corrected chi connectivity index (χ0v) is 16.1. The van der Waals surface area contributed by atoms with Crippen LogP contribution in [0.3, 0.4) is 0 Å². The van der Waals surface area contributed by atoms with Crippen molar-refractivity contribution in [3.05, 3.63) is 29.3 Å². The fourth-order valence-corrected chi connectivity index (χ4v) is 3.39. The van der Waals surface area contributed by atoms with Crippen LogP contribution >= 0.6 is 0 Å². The van der Waals surface area contributed by atoms with Crippen LogP contribution in [0.4, 0.5) is 17.6 Å². The minimum atomic E-state index is -3.41. The Morgan fingerprint density at radius 3 is 2.63 bits per heavy atom. The first kappa shape index (κ1) is 21.7. The predicted molar refractivity (Wildman–Crippen MR) is 95.5 cm³/mol. The van der Waals surface area contributed by atoms with Crippen LogP contribution in [0.5, 0.6) is 5.88 Å². The molecule has 0 radical (unpaired) electrons. The standard InChI is InChI=1S/C19H19F4N3O4/c1-8(9(2)27)26-14-5-10(19(28)29)3-4-11(14)16(25-26)12-6-15(24-7-13(12)20)30-18(23)17(21)22/h6-8,10,17-18H,3-5H2,1-2H3,(H,28,29)/t8?,10-,18?/m1/s1. The van der Waals surface area contributed by atoms with Gasteiger partial charge in [0.05, 0.1) is 17.8 Å². The largest absolute Gasteiger partial charge is 0.481 e. The molecule has 11 heteroatoms. The second kappa shape index (κ2) is 8.41. The molecule has 0 amide bonds. The molecule has 0 fully saturated rings. The van der Waals surface area contributed by atoms with E-state index >= 15 is 0 Å². The van der Waals surface area contributed by atoms with Crippen molar-refractivity contribution in [2.75, 3.05) is 0 Å². The molecule has 30 heavy (non-hydrogen) atoms. The summed E-state index contributed by atoms with van der Waals surface area (Å²) < 4.78 is 58.3. The third-order valence-electron chi connectivity index (χ3n) is 5.12. The van der Waals surface area contributed by atoms with Crippen LogP contribution in [0, 0.1) is 11.7 Å². The van der Waals surface area contributed by atoms with Gasteiger partial charge in [-0.05, 0) is 26.7 Å². The highest BCUT2D eigenvalue weighted by Gasteiger charge is 2.33. The number of rotatable bonds is 7. The molecule has 3 rings (SSSR count). The summed E-state index contributed by atoms with van der Waals surface area (Å²) in [6, 6.07) is 0.230. The average Bonchev–Trinajstić information content (AvgIpc) is 3.07. The van der Waals surface area contributed by atoms with Crippen molar-refractivity contribution < 1.29 is 37.0 Å². The number of aromatic nitrogens is 3. The molecule has 0 saturated heterocycles. The lowest BCUT2D eigenvalue weighted by Crippen LogP contribution is -2.26. The van der Waals surface area contributed by atoms with E-state index in [-0.39, 0.29) is 36.3 Å². The van der Waals surface area contributed by atoms with E-state index in [0.29, 0.717) is 17.5 Å². The van der Waals surface area contributed by atoms with Crippen LogP contribution in [0.15, 0.2) is 12.3 Å². The second-order valence-corrected chi connectivity index (χ2v) is 7.09. The molecule has 2 aromatic rings. The Kier molecular flexibility index (Phi) is 6.09. The molecule has 1 aliphatic rings. The first-order valence-corrected chi connectivity index (χ1v) is 9.18. The molecular weight excluding hydrogens is 410 g/mol. The summed E-state index contributed by atoms with van der Waals surface area (Å²) in [6.45, 7) is 2.93. The van der Waals surface area contributed by atoms with E-state index in [9.17, 15) is 32.3 Å². The van der Waals surface area contributed by atoms with E-state index in [1.807, 2.05) is 0 Å². The van der Waals surface area contributed by atoms with Gasteiger partial charge in [-0.25, -0.2) is 18.2 Å². The highest BCUT2D eigenvalue weighted by molar-refractivity contribution is 5.80. The Labute approximate surface area is 168 Å². The lowest BCUT2D eigenvalue weighted by atomic mass is 9.85. The van der Waals surface area contributed by atoms with E-state index in [1.54, 1.807) is 6.92 Å². The van der Waals surface area contributed by atoms with Crippen molar-refractivity contribution in [3.63, 3.8) is 0 Å². The van der Waals surface area contributed by atoms with Crippen molar-refractivity contribution >= 4 is 11.8 Å². The van der Waals surface area contributed by atoms with Crippen LogP contribution in [0.2, 0.25) is 0 Å². The number of hydrogen-bond acceptors (Lipinski definition) is 5. The van der Waals surface area contributed by atoms with E-state index < -0.39 is 42.4 Å². The van der Waals surface area contributed by atoms with Crippen molar-refractivity contribution in [1.82, 2.24) is 14.8 Å². The van der Waals surface area contributed by atoms with Crippen molar-refractivity contribution in [2.24, 2.45) is 5.92 Å². The van der Waals surface area contributed by atoms with Gasteiger partial charge >= 0.3 is 12.4 Å². The minimum absolute atomic E-state index is 0.100. The SMILES string of the molecule is CC(=O)C(C)n1nc(-c2cc(OC(F)C(F)F)ncc2F)c2c1C[C@H](C(=O)O)CC2. The van der Waals surface area contributed by atoms with Gasteiger partial charge in [0.15, 0.2) is 11.6 Å². The van der Waals surface area contributed by atoms with Gasteiger partial charge in [0, 0.05) is 29.3 Å². The summed E-state index contributed by atoms with van der Waals surface area (Å²) in [7, 11) is 0.